The summed E-state index contributed by atoms with van der Waals surface area (Å²) in [5, 5.41) is 22.6. The Morgan fingerprint density at radius 1 is 0.250 bits per heavy atom. The molecular formula is C76H68N8O16. The fourth-order valence-corrected chi connectivity index (χ4v) is 9.44. The summed E-state index contributed by atoms with van der Waals surface area (Å²) in [6.45, 7) is 16.9. The Hall–Kier alpha value is -13.1. The standard InChI is InChI=1S/C40H37N5O9.C36H31N3O7/c1-24-10-8-9-11-37(24)40(50)33-16-22-36(23-17-33)45(34-18-12-31(13-19-34)38(43-53-29(6)48)25(2)41-51-27(4)46)35-20-14-32(15-21-35)39(44-54-30(7)49)26(3)42-52-28(5)47;1-22-8-6-7-9-33(22)36(44)29-14-20-32(21-15-29)39(30-16-10-27(11-17-30)34(42)23(2)37-45-25(4)40)31-18-12-28(13-19-31)35(43)24(3)38-46-26(5)41/h8-23H,1-7H3;6-21H,1-5H3/b41-25?,42-26?,43-38+,44-39?;. The summed E-state index contributed by atoms with van der Waals surface area (Å²) < 4.78 is 0. The highest BCUT2D eigenvalue weighted by molar-refractivity contribution is 6.48. The van der Waals surface area contributed by atoms with Crippen LogP contribution in [0.4, 0.5) is 34.1 Å². The van der Waals surface area contributed by atoms with Crippen LogP contribution in [0.2, 0.25) is 0 Å². The molecule has 0 spiro atoms. The molecule has 0 unspecified atom stereocenters. The van der Waals surface area contributed by atoms with E-state index in [4.69, 9.17) is 19.4 Å². The zero-order chi connectivity index (χ0) is 72.7. The van der Waals surface area contributed by atoms with E-state index in [1.54, 1.807) is 147 Å². The molecule has 0 amide bonds. The highest BCUT2D eigenvalue weighted by atomic mass is 16.7. The van der Waals surface area contributed by atoms with Crippen LogP contribution in [0.5, 0.6) is 0 Å². The zero-order valence-electron chi connectivity index (χ0n) is 56.6. The quantitative estimate of drug-likeness (QED) is 0.0235. The lowest BCUT2D eigenvalue weighted by Gasteiger charge is -2.26. The van der Waals surface area contributed by atoms with Gasteiger partial charge in [-0.1, -0.05) is 104 Å². The third-order valence-electron chi connectivity index (χ3n) is 14.2. The van der Waals surface area contributed by atoms with Crippen molar-refractivity contribution in [3.63, 3.8) is 0 Å². The van der Waals surface area contributed by atoms with Crippen LogP contribution < -0.4 is 9.80 Å². The number of aryl methyl sites for hydroxylation is 2. The normalized spacial score (nSPS) is 11.8. The van der Waals surface area contributed by atoms with Crippen molar-refractivity contribution >= 4 is 127 Å². The van der Waals surface area contributed by atoms with Crippen molar-refractivity contribution in [2.45, 2.75) is 83.1 Å². The molecule has 100 heavy (non-hydrogen) atoms. The molecule has 0 saturated carbocycles. The van der Waals surface area contributed by atoms with Crippen molar-refractivity contribution in [1.29, 1.82) is 0 Å². The van der Waals surface area contributed by atoms with Gasteiger partial charge in [0.05, 0.1) is 0 Å². The monoisotopic (exact) mass is 1350 g/mol. The summed E-state index contributed by atoms with van der Waals surface area (Å²) in [7, 11) is 0. The number of Topliss-reactive ketones (excluding diaryl/α,β-unsaturated/α-hetero) is 2. The molecular weight excluding hydrogens is 1280 g/mol. The highest BCUT2D eigenvalue weighted by Crippen LogP contribution is 2.37. The first-order chi connectivity index (χ1) is 47.7. The van der Waals surface area contributed by atoms with Gasteiger partial charge in [-0.25, -0.2) is 28.8 Å². The molecule has 0 bridgehead atoms. The molecule has 8 rings (SSSR count). The average Bonchev–Trinajstić information content (AvgIpc) is 0.798. The van der Waals surface area contributed by atoms with Gasteiger partial charge in [-0.15, -0.1) is 0 Å². The van der Waals surface area contributed by atoms with Gasteiger partial charge in [0.25, 0.3) is 0 Å². The van der Waals surface area contributed by atoms with Gasteiger partial charge in [0.2, 0.25) is 11.6 Å². The van der Waals surface area contributed by atoms with E-state index in [0.29, 0.717) is 78.6 Å². The Balaban J connectivity index is 0.000000284. The van der Waals surface area contributed by atoms with Gasteiger partial charge in [0.1, 0.15) is 34.3 Å². The lowest BCUT2D eigenvalue weighted by atomic mass is 9.99. The molecule has 8 aromatic rings. The van der Waals surface area contributed by atoms with E-state index in [1.165, 1.54) is 55.4 Å². The first-order valence-corrected chi connectivity index (χ1v) is 30.6. The maximum Gasteiger partial charge on any atom is 0.332 e. The first-order valence-electron chi connectivity index (χ1n) is 30.6. The first kappa shape index (κ1) is 74.3. The number of carbonyl (C=O) groups is 10. The lowest BCUT2D eigenvalue weighted by molar-refractivity contribution is -0.142. The van der Waals surface area contributed by atoms with E-state index in [2.05, 4.69) is 40.6 Å². The SMILES string of the molecule is CC(=O)ON=C(C)C(=NOC(C)=O)c1ccc(N(c2ccc(C(=O)c3ccccc3C)cc2)c2ccc(/C(=N/OC(C)=O)C(C)=NOC(C)=O)cc2)cc1.CC(=O)ON=C(C)C(=O)c1ccc(N(c2ccc(C(=O)C(C)=NOC(C)=O)cc2)c2ccc(C(=O)c3ccccc3C)cc2)cc1. The number of nitrogens with zero attached hydrogens (tertiary/aromatic N) is 8. The van der Waals surface area contributed by atoms with Crippen molar-refractivity contribution in [3.8, 4) is 0 Å². The van der Waals surface area contributed by atoms with E-state index in [0.717, 1.165) is 11.1 Å². The zero-order valence-corrected chi connectivity index (χ0v) is 56.6. The summed E-state index contributed by atoms with van der Waals surface area (Å²) in [6.07, 6.45) is 0. The van der Waals surface area contributed by atoms with E-state index in [9.17, 15) is 47.9 Å². The molecule has 24 heteroatoms. The van der Waals surface area contributed by atoms with Gasteiger partial charge in [-0.2, -0.15) is 0 Å². The minimum absolute atomic E-state index is 0.0153. The van der Waals surface area contributed by atoms with Crippen LogP contribution in [-0.4, -0.2) is 93.2 Å². The lowest BCUT2D eigenvalue weighted by Crippen LogP contribution is -2.16. The summed E-state index contributed by atoms with van der Waals surface area (Å²) in [4.78, 5) is 153. The second kappa shape index (κ2) is 35.0. The number of hydrogen-bond donors (Lipinski definition) is 0. The molecule has 0 saturated heterocycles. The van der Waals surface area contributed by atoms with Gasteiger partial charge < -0.3 is 38.8 Å². The molecule has 24 nitrogen and oxygen atoms in total. The molecule has 0 aliphatic carbocycles. The Morgan fingerprint density at radius 3 is 0.700 bits per heavy atom. The molecule has 0 aliphatic rings. The summed E-state index contributed by atoms with van der Waals surface area (Å²) in [5.41, 5.74) is 10.4. The maximum atomic E-state index is 13.4. The van der Waals surface area contributed by atoms with Crippen LogP contribution in [0.3, 0.4) is 0 Å². The minimum Gasteiger partial charge on any atom is -0.318 e. The Labute approximate surface area is 575 Å². The predicted molar refractivity (Wildman–Crippen MR) is 376 cm³/mol. The Kier molecular flexibility index (Phi) is 26.0. The summed E-state index contributed by atoms with van der Waals surface area (Å²) >= 11 is 0. The van der Waals surface area contributed by atoms with Gasteiger partial charge >= 0.3 is 35.8 Å². The van der Waals surface area contributed by atoms with Crippen LogP contribution in [0.1, 0.15) is 144 Å². The predicted octanol–water partition coefficient (Wildman–Crippen LogP) is 14.0. The molecule has 0 radical (unpaired) electrons. The molecule has 0 atom stereocenters. The third kappa shape index (κ3) is 20.5. The van der Waals surface area contributed by atoms with Gasteiger partial charge in [-0.3, -0.25) is 19.2 Å². The molecule has 0 N–H and O–H groups in total. The molecule has 0 aliphatic heterocycles. The second-order valence-electron chi connectivity index (χ2n) is 22.0. The largest absolute Gasteiger partial charge is 0.332 e. The topological polar surface area (TPSA) is 307 Å². The number of hydrogen-bond acceptors (Lipinski definition) is 24. The van der Waals surface area contributed by atoms with Crippen molar-refractivity contribution < 1.29 is 77.0 Å². The molecule has 0 aromatic heterocycles. The van der Waals surface area contributed by atoms with Crippen molar-refractivity contribution in [2.75, 3.05) is 9.80 Å². The number of oxime groups is 6. The van der Waals surface area contributed by atoms with Crippen LogP contribution in [0.25, 0.3) is 0 Å². The second-order valence-corrected chi connectivity index (χ2v) is 22.0. The van der Waals surface area contributed by atoms with Crippen molar-refractivity contribution in [3.05, 3.63) is 250 Å². The summed E-state index contributed by atoms with van der Waals surface area (Å²) in [5.74, 6) is -4.89. The highest BCUT2D eigenvalue weighted by Gasteiger charge is 2.22. The van der Waals surface area contributed by atoms with Crippen LogP contribution >= 0.6 is 0 Å². The fraction of sp³-hybridized carbons (Fsp3) is 0.158. The van der Waals surface area contributed by atoms with Gasteiger partial charge in [-0.05, 0) is 174 Å². The number of ketones is 4. The smallest absolute Gasteiger partial charge is 0.318 e. The van der Waals surface area contributed by atoms with E-state index < -0.39 is 47.4 Å². The molecule has 0 fully saturated rings. The number of benzene rings is 8. The summed E-state index contributed by atoms with van der Waals surface area (Å²) in [6, 6.07) is 56.6. The average molecular weight is 1350 g/mol. The Morgan fingerprint density at radius 2 is 0.460 bits per heavy atom. The van der Waals surface area contributed by atoms with Crippen LogP contribution in [0.15, 0.2) is 225 Å². The van der Waals surface area contributed by atoms with Crippen LogP contribution in [-0.2, 0) is 57.8 Å². The van der Waals surface area contributed by atoms with E-state index in [1.807, 2.05) is 84.3 Å². The van der Waals surface area contributed by atoms with Gasteiger partial charge in [0.15, 0.2) is 11.6 Å². The molecule has 8 aromatic carbocycles. The number of rotatable bonds is 24. The maximum absolute atomic E-state index is 13.4. The number of anilines is 6. The van der Waals surface area contributed by atoms with Gasteiger partial charge in [0, 0.05) is 120 Å². The van der Waals surface area contributed by atoms with Crippen molar-refractivity contribution in [1.82, 2.24) is 0 Å². The molecule has 508 valence electrons. The number of carbonyl (C=O) groups excluding carboxylic acids is 10. The molecule has 0 heterocycles. The fourth-order valence-electron chi connectivity index (χ4n) is 9.44. The van der Waals surface area contributed by atoms with Crippen molar-refractivity contribution in [2.24, 2.45) is 30.9 Å². The van der Waals surface area contributed by atoms with E-state index >= 15 is 0 Å². The Bertz CT molecular complexity index is 4420. The third-order valence-corrected chi connectivity index (χ3v) is 14.2. The van der Waals surface area contributed by atoms with E-state index in [-0.39, 0.29) is 45.8 Å². The van der Waals surface area contributed by atoms with Crippen LogP contribution in [0, 0.1) is 13.8 Å². The minimum atomic E-state index is -0.655.